The fourth-order valence-electron chi connectivity index (χ4n) is 1.75. The van der Waals surface area contributed by atoms with E-state index in [0.717, 1.165) is 11.4 Å². The lowest BCUT2D eigenvalue weighted by Crippen LogP contribution is -2.41. The molecule has 1 aliphatic carbocycles. The molecule has 1 heterocycles. The third kappa shape index (κ3) is 2.26. The predicted octanol–water partition coefficient (Wildman–Crippen LogP) is 2.07. The van der Waals surface area contributed by atoms with Crippen molar-refractivity contribution in [3.05, 3.63) is 23.9 Å². The molecule has 0 aliphatic heterocycles. The van der Waals surface area contributed by atoms with E-state index in [1.54, 1.807) is 6.20 Å². The molecule has 0 radical (unpaired) electrons. The van der Waals surface area contributed by atoms with E-state index in [0.29, 0.717) is 4.99 Å². The molecule has 1 fully saturated rings. The molecule has 0 saturated heterocycles. The minimum Gasteiger partial charge on any atom is -0.389 e. The normalized spacial score (nSPS) is 17.9. The Labute approximate surface area is 95.1 Å². The molecule has 0 aromatic carbocycles. The summed E-state index contributed by atoms with van der Waals surface area (Å²) in [7, 11) is 0. The van der Waals surface area contributed by atoms with Crippen LogP contribution >= 0.6 is 12.2 Å². The molecule has 1 aromatic heterocycles. The van der Waals surface area contributed by atoms with E-state index in [2.05, 4.69) is 17.2 Å². The first-order valence-electron chi connectivity index (χ1n) is 5.13. The molecular formula is C11H15N3S. The summed E-state index contributed by atoms with van der Waals surface area (Å²) in [6.07, 6.45) is 5.44. The lowest BCUT2D eigenvalue weighted by Gasteiger charge is -2.39. The number of nitrogens with two attached hydrogens (primary N) is 1. The minimum absolute atomic E-state index is 0.234. The van der Waals surface area contributed by atoms with Crippen molar-refractivity contribution < 1.29 is 0 Å². The van der Waals surface area contributed by atoms with E-state index < -0.39 is 0 Å². The van der Waals surface area contributed by atoms with Gasteiger partial charge in [-0.15, -0.1) is 0 Å². The van der Waals surface area contributed by atoms with Crippen molar-refractivity contribution in [2.45, 2.75) is 31.7 Å². The zero-order chi connectivity index (χ0) is 10.9. The highest BCUT2D eigenvalue weighted by Gasteiger charge is 2.31. The number of aromatic nitrogens is 1. The third-order valence-electron chi connectivity index (χ3n) is 2.93. The largest absolute Gasteiger partial charge is 0.389 e. The number of thiocarbonyl (C=S) groups is 1. The molecule has 2 rings (SSSR count). The molecule has 0 spiro atoms. The molecule has 15 heavy (non-hydrogen) atoms. The van der Waals surface area contributed by atoms with Crippen LogP contribution in [0, 0.1) is 0 Å². The Kier molecular flexibility index (Phi) is 2.61. The highest BCUT2D eigenvalue weighted by molar-refractivity contribution is 7.80. The van der Waals surface area contributed by atoms with Crippen LogP contribution in [-0.4, -0.2) is 15.5 Å². The van der Waals surface area contributed by atoms with Crippen LogP contribution in [0.25, 0.3) is 0 Å². The standard InChI is InChI=1S/C11H15N3S/c1-11(5-2-6-11)14-9-4-3-8(7-13-9)10(12)15/h3-4,7H,2,5-6H2,1H3,(H2,12,15)(H,13,14). The maximum absolute atomic E-state index is 5.50. The van der Waals surface area contributed by atoms with Gasteiger partial charge in [0.05, 0.1) is 0 Å². The highest BCUT2D eigenvalue weighted by atomic mass is 32.1. The summed E-state index contributed by atoms with van der Waals surface area (Å²) in [5, 5.41) is 3.43. The number of nitrogens with one attached hydrogen (secondary N) is 1. The molecule has 1 saturated carbocycles. The Balaban J connectivity index is 2.07. The smallest absolute Gasteiger partial charge is 0.126 e. The van der Waals surface area contributed by atoms with Gasteiger partial charge in [-0.25, -0.2) is 4.98 Å². The van der Waals surface area contributed by atoms with Gasteiger partial charge in [0, 0.05) is 17.3 Å². The van der Waals surface area contributed by atoms with Crippen LogP contribution in [0.2, 0.25) is 0 Å². The summed E-state index contributed by atoms with van der Waals surface area (Å²) >= 11 is 4.87. The summed E-state index contributed by atoms with van der Waals surface area (Å²) in [6, 6.07) is 3.83. The lowest BCUT2D eigenvalue weighted by atomic mass is 9.78. The molecule has 80 valence electrons. The number of hydrogen-bond acceptors (Lipinski definition) is 3. The maximum atomic E-state index is 5.50. The molecule has 1 aliphatic rings. The van der Waals surface area contributed by atoms with E-state index in [9.17, 15) is 0 Å². The topological polar surface area (TPSA) is 50.9 Å². The van der Waals surface area contributed by atoms with Crippen molar-refractivity contribution in [2.24, 2.45) is 5.73 Å². The second kappa shape index (κ2) is 3.77. The Bertz CT molecular complexity index is 368. The van der Waals surface area contributed by atoms with E-state index in [-0.39, 0.29) is 5.54 Å². The number of rotatable bonds is 3. The molecule has 4 heteroatoms. The van der Waals surface area contributed by atoms with Gasteiger partial charge in [0.1, 0.15) is 10.8 Å². The summed E-state index contributed by atoms with van der Waals surface area (Å²) < 4.78 is 0. The van der Waals surface area contributed by atoms with Crippen LogP contribution in [0.1, 0.15) is 31.7 Å². The first-order valence-corrected chi connectivity index (χ1v) is 5.54. The van der Waals surface area contributed by atoms with Gasteiger partial charge in [-0.2, -0.15) is 0 Å². The van der Waals surface area contributed by atoms with Crippen LogP contribution in [0.15, 0.2) is 18.3 Å². The first kappa shape index (κ1) is 10.4. The third-order valence-corrected chi connectivity index (χ3v) is 3.17. The SMILES string of the molecule is CC1(Nc2ccc(C(N)=S)cn2)CCC1. The van der Waals surface area contributed by atoms with Crippen molar-refractivity contribution in [3.8, 4) is 0 Å². The predicted molar refractivity (Wildman–Crippen MR) is 66.0 cm³/mol. The quantitative estimate of drug-likeness (QED) is 0.767. The van der Waals surface area contributed by atoms with E-state index in [1.807, 2.05) is 12.1 Å². The Hall–Kier alpha value is -1.16. The number of nitrogens with zero attached hydrogens (tertiary/aromatic N) is 1. The van der Waals surface area contributed by atoms with Gasteiger partial charge < -0.3 is 11.1 Å². The fourth-order valence-corrected chi connectivity index (χ4v) is 1.88. The van der Waals surface area contributed by atoms with Crippen molar-refractivity contribution in [1.29, 1.82) is 0 Å². The van der Waals surface area contributed by atoms with Crippen molar-refractivity contribution >= 4 is 23.0 Å². The Morgan fingerprint density at radius 2 is 2.27 bits per heavy atom. The van der Waals surface area contributed by atoms with E-state index >= 15 is 0 Å². The second-order valence-corrected chi connectivity index (χ2v) is 4.78. The summed E-state index contributed by atoms with van der Waals surface area (Å²) in [4.78, 5) is 4.68. The van der Waals surface area contributed by atoms with Gasteiger partial charge in [-0.3, -0.25) is 0 Å². The average Bonchev–Trinajstić information content (AvgIpc) is 2.16. The van der Waals surface area contributed by atoms with Crippen LogP contribution < -0.4 is 11.1 Å². The van der Waals surface area contributed by atoms with Gasteiger partial charge in [0.25, 0.3) is 0 Å². The number of anilines is 1. The van der Waals surface area contributed by atoms with E-state index in [4.69, 9.17) is 18.0 Å². The van der Waals surface area contributed by atoms with Gasteiger partial charge in [-0.1, -0.05) is 12.2 Å². The molecule has 3 nitrogen and oxygen atoms in total. The second-order valence-electron chi connectivity index (χ2n) is 4.34. The van der Waals surface area contributed by atoms with Crippen LogP contribution in [0.5, 0.6) is 0 Å². The van der Waals surface area contributed by atoms with Gasteiger partial charge in [-0.05, 0) is 38.3 Å². The number of pyridine rings is 1. The average molecular weight is 221 g/mol. The van der Waals surface area contributed by atoms with E-state index in [1.165, 1.54) is 19.3 Å². The van der Waals surface area contributed by atoms with Crippen LogP contribution in [0.3, 0.4) is 0 Å². The number of hydrogen-bond donors (Lipinski definition) is 2. The maximum Gasteiger partial charge on any atom is 0.126 e. The van der Waals surface area contributed by atoms with Crippen LogP contribution in [0.4, 0.5) is 5.82 Å². The Morgan fingerprint density at radius 3 is 2.67 bits per heavy atom. The minimum atomic E-state index is 0.234. The molecule has 0 atom stereocenters. The molecule has 0 bridgehead atoms. The fraction of sp³-hybridized carbons (Fsp3) is 0.455. The Morgan fingerprint density at radius 1 is 1.53 bits per heavy atom. The molecule has 0 unspecified atom stereocenters. The van der Waals surface area contributed by atoms with Crippen molar-refractivity contribution in [1.82, 2.24) is 4.98 Å². The van der Waals surface area contributed by atoms with Crippen LogP contribution in [-0.2, 0) is 0 Å². The van der Waals surface area contributed by atoms with Gasteiger partial charge in [0.15, 0.2) is 0 Å². The summed E-state index contributed by atoms with van der Waals surface area (Å²) in [5.74, 6) is 0.900. The molecule has 0 amide bonds. The first-order chi connectivity index (χ1) is 7.09. The summed E-state index contributed by atoms with van der Waals surface area (Å²) in [5.41, 5.74) is 6.55. The van der Waals surface area contributed by atoms with Gasteiger partial charge >= 0.3 is 0 Å². The molecule has 3 N–H and O–H groups in total. The zero-order valence-electron chi connectivity index (χ0n) is 8.79. The molecule has 1 aromatic rings. The zero-order valence-corrected chi connectivity index (χ0v) is 9.60. The van der Waals surface area contributed by atoms with Crippen molar-refractivity contribution in [2.75, 3.05) is 5.32 Å². The highest BCUT2D eigenvalue weighted by Crippen LogP contribution is 2.33. The monoisotopic (exact) mass is 221 g/mol. The molecular weight excluding hydrogens is 206 g/mol. The van der Waals surface area contributed by atoms with Crippen molar-refractivity contribution in [3.63, 3.8) is 0 Å². The van der Waals surface area contributed by atoms with Gasteiger partial charge in [0.2, 0.25) is 0 Å². The lowest BCUT2D eigenvalue weighted by molar-refractivity contribution is 0.306. The summed E-state index contributed by atoms with van der Waals surface area (Å²) in [6.45, 7) is 2.22.